The number of hydrogen-bond donors (Lipinski definition) is 1. The minimum atomic E-state index is -3.68. The molecule has 174 valence electrons. The van der Waals surface area contributed by atoms with Crippen LogP contribution in [0.4, 0.5) is 0 Å². The first-order valence-electron chi connectivity index (χ1n) is 11.6. The predicted octanol–water partition coefficient (Wildman–Crippen LogP) is 3.27. The summed E-state index contributed by atoms with van der Waals surface area (Å²) in [6.45, 7) is 5.23. The molecule has 1 aromatic carbocycles. The maximum Gasteiger partial charge on any atom is 0.256 e. The molecule has 0 bridgehead atoms. The minimum Gasteiger partial charge on any atom is -0.350 e. The van der Waals surface area contributed by atoms with Crippen LogP contribution in [0.25, 0.3) is 10.9 Å². The molecule has 1 amide bonds. The van der Waals surface area contributed by atoms with Gasteiger partial charge in [0, 0.05) is 37.8 Å². The fraction of sp³-hybridized carbons (Fsp3) is 0.583. The summed E-state index contributed by atoms with van der Waals surface area (Å²) in [6.07, 6.45) is 7.43. The molecular formula is C24H33N3O4S. The molecule has 4 rings (SSSR count). The zero-order valence-electron chi connectivity index (χ0n) is 19.1. The summed E-state index contributed by atoms with van der Waals surface area (Å²) in [5, 5.41) is 3.29. The molecule has 1 saturated carbocycles. The molecule has 2 aromatic rings. The maximum absolute atomic E-state index is 13.3. The number of carbonyl (C=O) groups excluding carboxylic acids is 1. The summed E-state index contributed by atoms with van der Waals surface area (Å²) in [4.78, 5) is 26.4. The van der Waals surface area contributed by atoms with Crippen molar-refractivity contribution in [3.63, 3.8) is 0 Å². The first-order valence-corrected chi connectivity index (χ1v) is 13.1. The van der Waals surface area contributed by atoms with E-state index in [-0.39, 0.29) is 27.8 Å². The topological polar surface area (TPSA) is 88.5 Å². The van der Waals surface area contributed by atoms with Gasteiger partial charge in [-0.15, -0.1) is 0 Å². The third-order valence-corrected chi connectivity index (χ3v) is 9.11. The number of benzene rings is 1. The van der Waals surface area contributed by atoms with Crippen molar-refractivity contribution in [2.24, 2.45) is 18.9 Å². The summed E-state index contributed by atoms with van der Waals surface area (Å²) >= 11 is 0. The van der Waals surface area contributed by atoms with Crippen molar-refractivity contribution in [2.45, 2.75) is 63.3 Å². The lowest BCUT2D eigenvalue weighted by atomic mass is 9.86. The zero-order chi connectivity index (χ0) is 23.0. The summed E-state index contributed by atoms with van der Waals surface area (Å²) < 4.78 is 29.6. The molecule has 8 heteroatoms. The number of pyridine rings is 1. The van der Waals surface area contributed by atoms with E-state index in [9.17, 15) is 18.0 Å². The van der Waals surface area contributed by atoms with Crippen LogP contribution in [0.2, 0.25) is 0 Å². The number of fused-ring (bicyclic) bond motifs is 1. The average molecular weight is 460 g/mol. The molecule has 7 nitrogen and oxygen atoms in total. The second-order valence-corrected chi connectivity index (χ2v) is 11.5. The van der Waals surface area contributed by atoms with E-state index in [1.807, 2.05) is 0 Å². The van der Waals surface area contributed by atoms with Crippen LogP contribution in [-0.2, 0) is 17.1 Å². The Labute approximate surface area is 189 Å². The zero-order valence-corrected chi connectivity index (χ0v) is 20.0. The molecule has 1 aliphatic carbocycles. The van der Waals surface area contributed by atoms with Crippen molar-refractivity contribution in [1.29, 1.82) is 0 Å². The Morgan fingerprint density at radius 2 is 1.75 bits per heavy atom. The lowest BCUT2D eigenvalue weighted by Crippen LogP contribution is -2.42. The van der Waals surface area contributed by atoms with Gasteiger partial charge in [0.2, 0.25) is 15.5 Å². The Kier molecular flexibility index (Phi) is 6.45. The van der Waals surface area contributed by atoms with Gasteiger partial charge in [0.15, 0.2) is 0 Å². The number of amides is 1. The standard InChI is InChI=1S/C24H33N3O4S/c1-16-10-12-27(13-11-16)32(30,31)18-8-9-22-19(14-18)23(28)20(15-26(22)3)24(29)25-21-7-5-4-6-17(21)2/h8-9,14-17,21H,4-7,10-13H2,1-3H3,(H,25,29)/t17-,21+/m0/s1. The smallest absolute Gasteiger partial charge is 0.256 e. The van der Waals surface area contributed by atoms with Crippen molar-refractivity contribution >= 4 is 26.8 Å². The number of sulfonamides is 1. The van der Waals surface area contributed by atoms with Gasteiger partial charge in [0.1, 0.15) is 5.56 Å². The number of nitrogens with zero attached hydrogens (tertiary/aromatic N) is 2. The van der Waals surface area contributed by atoms with Gasteiger partial charge in [0.05, 0.1) is 10.4 Å². The SMILES string of the molecule is CC1CCN(S(=O)(=O)c2ccc3c(c2)c(=O)c(C(=O)N[C@@H]2CCCC[C@@H]2C)cn3C)CC1. The van der Waals surface area contributed by atoms with Crippen molar-refractivity contribution in [3.8, 4) is 0 Å². The largest absolute Gasteiger partial charge is 0.350 e. The highest BCUT2D eigenvalue weighted by atomic mass is 32.2. The van der Waals surface area contributed by atoms with Gasteiger partial charge >= 0.3 is 0 Å². The third-order valence-electron chi connectivity index (χ3n) is 7.21. The second kappa shape index (κ2) is 8.98. The number of carbonyl (C=O) groups is 1. The van der Waals surface area contributed by atoms with Crippen molar-refractivity contribution in [1.82, 2.24) is 14.2 Å². The molecule has 32 heavy (non-hydrogen) atoms. The van der Waals surface area contributed by atoms with Crippen molar-refractivity contribution < 1.29 is 13.2 Å². The normalized spacial score (nSPS) is 23.3. The van der Waals surface area contributed by atoms with Crippen LogP contribution in [0, 0.1) is 11.8 Å². The number of rotatable bonds is 4. The van der Waals surface area contributed by atoms with Crippen LogP contribution < -0.4 is 10.7 Å². The molecule has 2 atom stereocenters. The fourth-order valence-electron chi connectivity index (χ4n) is 4.94. The maximum atomic E-state index is 13.3. The van der Waals surface area contributed by atoms with Gasteiger partial charge in [-0.3, -0.25) is 9.59 Å². The van der Waals surface area contributed by atoms with E-state index in [2.05, 4.69) is 19.2 Å². The third kappa shape index (κ3) is 4.35. The predicted molar refractivity (Wildman–Crippen MR) is 125 cm³/mol. The fourth-order valence-corrected chi connectivity index (χ4v) is 6.44. The number of aryl methyl sites for hydroxylation is 1. The van der Waals surface area contributed by atoms with E-state index in [0.717, 1.165) is 32.1 Å². The van der Waals surface area contributed by atoms with Gasteiger partial charge in [0.25, 0.3) is 5.91 Å². The first kappa shape index (κ1) is 23.0. The van der Waals surface area contributed by atoms with Crippen LogP contribution in [0.3, 0.4) is 0 Å². The van der Waals surface area contributed by atoms with E-state index in [4.69, 9.17) is 0 Å². The molecular weight excluding hydrogens is 426 g/mol. The Hall–Kier alpha value is -2.19. The lowest BCUT2D eigenvalue weighted by molar-refractivity contribution is 0.0908. The second-order valence-electron chi connectivity index (χ2n) is 9.59. The molecule has 1 N–H and O–H groups in total. The molecule has 1 saturated heterocycles. The van der Waals surface area contributed by atoms with E-state index in [1.165, 1.54) is 16.8 Å². The molecule has 1 aliphatic heterocycles. The molecule has 0 spiro atoms. The van der Waals surface area contributed by atoms with Crippen LogP contribution in [0.5, 0.6) is 0 Å². The van der Waals surface area contributed by atoms with E-state index < -0.39 is 15.5 Å². The Balaban J connectivity index is 1.69. The average Bonchev–Trinajstić information content (AvgIpc) is 2.77. The summed E-state index contributed by atoms with van der Waals surface area (Å²) in [5.74, 6) is 0.504. The molecule has 2 heterocycles. The van der Waals surface area contributed by atoms with Gasteiger partial charge in [-0.05, 0) is 55.7 Å². The van der Waals surface area contributed by atoms with Crippen LogP contribution >= 0.6 is 0 Å². The van der Waals surface area contributed by atoms with Crippen molar-refractivity contribution in [2.75, 3.05) is 13.1 Å². The summed E-state index contributed by atoms with van der Waals surface area (Å²) in [6, 6.07) is 4.70. The van der Waals surface area contributed by atoms with Crippen LogP contribution in [0.15, 0.2) is 34.1 Å². The monoisotopic (exact) mass is 459 g/mol. The van der Waals surface area contributed by atoms with Crippen LogP contribution in [0.1, 0.15) is 62.7 Å². The van der Waals surface area contributed by atoms with Gasteiger partial charge < -0.3 is 9.88 Å². The number of nitrogens with one attached hydrogen (secondary N) is 1. The Morgan fingerprint density at radius 1 is 1.06 bits per heavy atom. The highest BCUT2D eigenvalue weighted by Crippen LogP contribution is 2.26. The minimum absolute atomic E-state index is 0.0547. The van der Waals surface area contributed by atoms with Gasteiger partial charge in [-0.25, -0.2) is 8.42 Å². The molecule has 2 fully saturated rings. The lowest BCUT2D eigenvalue weighted by Gasteiger charge is -2.29. The highest BCUT2D eigenvalue weighted by molar-refractivity contribution is 7.89. The van der Waals surface area contributed by atoms with E-state index >= 15 is 0 Å². The van der Waals surface area contributed by atoms with E-state index in [1.54, 1.807) is 29.9 Å². The van der Waals surface area contributed by atoms with E-state index in [0.29, 0.717) is 30.4 Å². The molecule has 2 aliphatic rings. The number of piperidine rings is 1. The summed E-state index contributed by atoms with van der Waals surface area (Å²) in [7, 11) is -1.92. The molecule has 1 aromatic heterocycles. The highest BCUT2D eigenvalue weighted by Gasteiger charge is 2.29. The van der Waals surface area contributed by atoms with Crippen molar-refractivity contribution in [3.05, 3.63) is 40.2 Å². The Morgan fingerprint density at radius 3 is 2.44 bits per heavy atom. The first-order chi connectivity index (χ1) is 15.2. The number of aromatic nitrogens is 1. The summed E-state index contributed by atoms with van der Waals surface area (Å²) in [5.41, 5.74) is 0.228. The van der Waals surface area contributed by atoms with Gasteiger partial charge in [-0.1, -0.05) is 26.7 Å². The molecule has 0 unspecified atom stereocenters. The molecule has 0 radical (unpaired) electrons. The van der Waals surface area contributed by atoms with Crippen LogP contribution in [-0.4, -0.2) is 42.3 Å². The quantitative estimate of drug-likeness (QED) is 0.760. The van der Waals surface area contributed by atoms with Gasteiger partial charge in [-0.2, -0.15) is 4.31 Å². The Bertz CT molecular complexity index is 1180. The number of hydrogen-bond acceptors (Lipinski definition) is 4.